The van der Waals surface area contributed by atoms with Crippen LogP contribution in [0.25, 0.3) is 0 Å². The summed E-state index contributed by atoms with van der Waals surface area (Å²) in [6.07, 6.45) is 1.26. The SMILES string of the molecule is CC[C@@H](C)NC(=O)[C@H](Cc1ccccc1)N(Cc1cccc(Cl)c1)C(=O)CSCc1ccccc1C. The summed E-state index contributed by atoms with van der Waals surface area (Å²) in [4.78, 5) is 28.9. The zero-order valence-corrected chi connectivity index (χ0v) is 22.8. The molecule has 0 heterocycles. The highest BCUT2D eigenvalue weighted by molar-refractivity contribution is 7.99. The van der Waals surface area contributed by atoms with Crippen LogP contribution in [0, 0.1) is 6.92 Å². The number of carbonyl (C=O) groups excluding carboxylic acids is 2. The number of nitrogens with zero attached hydrogens (tertiary/aromatic N) is 1. The number of rotatable bonds is 12. The van der Waals surface area contributed by atoms with E-state index in [9.17, 15) is 9.59 Å². The number of thioether (sulfide) groups is 1. The number of nitrogens with one attached hydrogen (secondary N) is 1. The lowest BCUT2D eigenvalue weighted by molar-refractivity contribution is -0.139. The van der Waals surface area contributed by atoms with Crippen LogP contribution in [-0.2, 0) is 28.3 Å². The van der Waals surface area contributed by atoms with E-state index in [4.69, 9.17) is 11.6 Å². The van der Waals surface area contributed by atoms with Crippen LogP contribution in [0.5, 0.6) is 0 Å². The fraction of sp³-hybridized carbons (Fsp3) is 0.333. The summed E-state index contributed by atoms with van der Waals surface area (Å²) in [6.45, 7) is 6.42. The standard InChI is InChI=1S/C30H35ClN2O2S/c1-4-23(3)32-30(35)28(18-24-12-6-5-7-13-24)33(19-25-14-10-16-27(31)17-25)29(34)21-36-20-26-15-9-8-11-22(26)2/h5-17,23,28H,4,18-21H2,1-3H3,(H,32,35)/t23-,28+/m1/s1. The molecule has 0 saturated heterocycles. The number of halogens is 1. The third kappa shape index (κ3) is 8.42. The lowest BCUT2D eigenvalue weighted by Gasteiger charge is -2.32. The fourth-order valence-corrected chi connectivity index (χ4v) is 5.13. The maximum atomic E-state index is 13.7. The highest BCUT2D eigenvalue weighted by Crippen LogP contribution is 2.21. The van der Waals surface area contributed by atoms with E-state index in [1.165, 1.54) is 11.1 Å². The molecule has 3 rings (SSSR count). The zero-order valence-electron chi connectivity index (χ0n) is 21.2. The predicted molar refractivity (Wildman–Crippen MR) is 151 cm³/mol. The van der Waals surface area contributed by atoms with Gasteiger partial charge in [-0.1, -0.05) is 85.3 Å². The third-order valence-corrected chi connectivity index (χ3v) is 7.46. The van der Waals surface area contributed by atoms with E-state index in [2.05, 4.69) is 24.4 Å². The summed E-state index contributed by atoms with van der Waals surface area (Å²) >= 11 is 7.82. The average molecular weight is 523 g/mol. The molecule has 0 aliphatic rings. The smallest absolute Gasteiger partial charge is 0.243 e. The van der Waals surface area contributed by atoms with Crippen molar-refractivity contribution in [2.45, 2.75) is 58.0 Å². The van der Waals surface area contributed by atoms with Crippen LogP contribution in [0.4, 0.5) is 0 Å². The molecule has 3 aromatic carbocycles. The Kier molecular flexibility index (Phi) is 10.9. The van der Waals surface area contributed by atoms with Crippen LogP contribution in [-0.4, -0.2) is 34.6 Å². The van der Waals surface area contributed by atoms with Gasteiger partial charge in [0.1, 0.15) is 6.04 Å². The van der Waals surface area contributed by atoms with Crippen molar-refractivity contribution >= 4 is 35.2 Å². The Bertz CT molecular complexity index is 1140. The van der Waals surface area contributed by atoms with E-state index in [1.807, 2.05) is 80.6 Å². The Morgan fingerprint density at radius 2 is 1.67 bits per heavy atom. The number of carbonyl (C=O) groups is 2. The van der Waals surface area contributed by atoms with E-state index in [0.29, 0.717) is 18.0 Å². The summed E-state index contributed by atoms with van der Waals surface area (Å²) < 4.78 is 0. The van der Waals surface area contributed by atoms with Crippen molar-refractivity contribution in [2.24, 2.45) is 0 Å². The Balaban J connectivity index is 1.86. The van der Waals surface area contributed by atoms with Crippen molar-refractivity contribution in [1.29, 1.82) is 0 Å². The molecule has 3 aromatic rings. The maximum absolute atomic E-state index is 13.7. The van der Waals surface area contributed by atoms with Crippen molar-refractivity contribution in [1.82, 2.24) is 10.2 Å². The molecule has 1 N–H and O–H groups in total. The van der Waals surface area contributed by atoms with Crippen LogP contribution in [0.15, 0.2) is 78.9 Å². The van der Waals surface area contributed by atoms with Gasteiger partial charge in [-0.25, -0.2) is 0 Å². The summed E-state index contributed by atoms with van der Waals surface area (Å²) in [5, 5.41) is 3.71. The highest BCUT2D eigenvalue weighted by atomic mass is 35.5. The first-order chi connectivity index (χ1) is 17.4. The minimum atomic E-state index is -0.632. The van der Waals surface area contributed by atoms with Gasteiger partial charge >= 0.3 is 0 Å². The molecule has 0 radical (unpaired) electrons. The molecule has 0 bridgehead atoms. The maximum Gasteiger partial charge on any atom is 0.243 e. The summed E-state index contributed by atoms with van der Waals surface area (Å²) in [5.41, 5.74) is 4.34. The number of aryl methyl sites for hydroxylation is 1. The largest absolute Gasteiger partial charge is 0.352 e. The fourth-order valence-electron chi connectivity index (χ4n) is 3.93. The Morgan fingerprint density at radius 1 is 0.972 bits per heavy atom. The number of hydrogen-bond donors (Lipinski definition) is 1. The molecule has 0 fully saturated rings. The van der Waals surface area contributed by atoms with E-state index in [0.717, 1.165) is 23.3 Å². The first-order valence-corrected chi connectivity index (χ1v) is 13.9. The van der Waals surface area contributed by atoms with Gasteiger partial charge in [0.25, 0.3) is 0 Å². The highest BCUT2D eigenvalue weighted by Gasteiger charge is 2.31. The average Bonchev–Trinajstić information content (AvgIpc) is 2.87. The first kappa shape index (κ1) is 27.8. The summed E-state index contributed by atoms with van der Waals surface area (Å²) in [5.74, 6) is 0.837. The van der Waals surface area contributed by atoms with E-state index in [-0.39, 0.29) is 23.6 Å². The molecule has 0 aromatic heterocycles. The van der Waals surface area contributed by atoms with E-state index < -0.39 is 6.04 Å². The van der Waals surface area contributed by atoms with E-state index >= 15 is 0 Å². The van der Waals surface area contributed by atoms with Crippen LogP contribution < -0.4 is 5.32 Å². The van der Waals surface area contributed by atoms with Crippen LogP contribution in [0.3, 0.4) is 0 Å². The van der Waals surface area contributed by atoms with Gasteiger partial charge < -0.3 is 10.2 Å². The molecule has 0 saturated carbocycles. The molecule has 0 unspecified atom stereocenters. The second-order valence-corrected chi connectivity index (χ2v) is 10.5. The number of benzene rings is 3. The predicted octanol–water partition coefficient (Wildman–Crippen LogP) is 6.44. The van der Waals surface area contributed by atoms with Crippen molar-refractivity contribution in [3.8, 4) is 0 Å². The van der Waals surface area contributed by atoms with Crippen molar-refractivity contribution < 1.29 is 9.59 Å². The number of amides is 2. The molecule has 6 heteroatoms. The topological polar surface area (TPSA) is 49.4 Å². The van der Waals surface area contributed by atoms with Gasteiger partial charge in [-0.15, -0.1) is 11.8 Å². The quantitative estimate of drug-likeness (QED) is 0.298. The second-order valence-electron chi connectivity index (χ2n) is 9.09. The molecular formula is C30H35ClN2O2S. The lowest BCUT2D eigenvalue weighted by Crippen LogP contribution is -2.52. The normalized spacial score (nSPS) is 12.6. The van der Waals surface area contributed by atoms with Gasteiger partial charge in [0, 0.05) is 29.8 Å². The monoisotopic (exact) mass is 522 g/mol. The Morgan fingerprint density at radius 3 is 2.36 bits per heavy atom. The summed E-state index contributed by atoms with van der Waals surface area (Å²) in [6, 6.07) is 25.0. The molecule has 0 spiro atoms. The molecule has 0 aliphatic heterocycles. The van der Waals surface area contributed by atoms with Gasteiger partial charge in [0.15, 0.2) is 0 Å². The van der Waals surface area contributed by atoms with Crippen molar-refractivity contribution in [3.05, 3.63) is 106 Å². The molecule has 2 amide bonds. The van der Waals surface area contributed by atoms with Gasteiger partial charge in [-0.2, -0.15) is 0 Å². The first-order valence-electron chi connectivity index (χ1n) is 12.4. The molecule has 4 nitrogen and oxygen atoms in total. The van der Waals surface area contributed by atoms with Crippen molar-refractivity contribution in [3.63, 3.8) is 0 Å². The minimum Gasteiger partial charge on any atom is -0.352 e. The Labute approximate surface area is 224 Å². The van der Waals surface area contributed by atoms with Gasteiger partial charge in [0.05, 0.1) is 5.75 Å². The second kappa shape index (κ2) is 14.1. The minimum absolute atomic E-state index is 0.0225. The molecule has 2 atom stereocenters. The molecule has 0 aliphatic carbocycles. The number of hydrogen-bond acceptors (Lipinski definition) is 3. The lowest BCUT2D eigenvalue weighted by atomic mass is 10.0. The van der Waals surface area contributed by atoms with E-state index in [1.54, 1.807) is 16.7 Å². The Hall–Kier alpha value is -2.76. The molecular weight excluding hydrogens is 488 g/mol. The van der Waals surface area contributed by atoms with Gasteiger partial charge in [0.2, 0.25) is 11.8 Å². The van der Waals surface area contributed by atoms with Crippen LogP contribution in [0.2, 0.25) is 5.02 Å². The van der Waals surface area contributed by atoms with Crippen LogP contribution >= 0.6 is 23.4 Å². The molecule has 190 valence electrons. The summed E-state index contributed by atoms with van der Waals surface area (Å²) in [7, 11) is 0. The zero-order chi connectivity index (χ0) is 25.9. The van der Waals surface area contributed by atoms with Gasteiger partial charge in [-0.3, -0.25) is 9.59 Å². The molecule has 36 heavy (non-hydrogen) atoms. The van der Waals surface area contributed by atoms with Crippen molar-refractivity contribution in [2.75, 3.05) is 5.75 Å². The van der Waals surface area contributed by atoms with Crippen LogP contribution in [0.1, 0.15) is 42.5 Å². The van der Waals surface area contributed by atoms with Gasteiger partial charge in [-0.05, 0) is 54.7 Å². The third-order valence-electron chi connectivity index (χ3n) is 6.26.